The van der Waals surface area contributed by atoms with Crippen molar-refractivity contribution in [3.8, 4) is 11.3 Å². The van der Waals surface area contributed by atoms with Gasteiger partial charge in [0.1, 0.15) is 11.6 Å². The second-order valence-corrected chi connectivity index (χ2v) is 9.25. The lowest BCUT2D eigenvalue weighted by atomic mass is 9.90. The second-order valence-electron chi connectivity index (χ2n) is 9.25. The number of piperidine rings is 1. The minimum atomic E-state index is -0.821. The zero-order valence-corrected chi connectivity index (χ0v) is 20.4. The van der Waals surface area contributed by atoms with Crippen LogP contribution in [0.1, 0.15) is 49.4 Å². The number of nitrogens with one attached hydrogen (secondary N) is 2. The Morgan fingerprint density at radius 3 is 2.64 bits per heavy atom. The Morgan fingerprint density at radius 2 is 1.94 bits per heavy atom. The topological polar surface area (TPSA) is 100 Å². The zero-order valence-electron chi connectivity index (χ0n) is 20.4. The minimum absolute atomic E-state index is 0.00533. The highest BCUT2D eigenvalue weighted by atomic mass is 19.1. The number of hydrogen-bond donors (Lipinski definition) is 2. The molecule has 36 heavy (non-hydrogen) atoms. The van der Waals surface area contributed by atoms with Gasteiger partial charge in [0.05, 0.1) is 23.2 Å². The molecule has 0 spiro atoms. The Balaban J connectivity index is 1.48. The standard InChI is InChI=1S/C26H29F2N5O3/c1-15(2)33-11-9-22(19(14-33)25(34)30-16(3)21-6-4-5-10-29-21)31-26(35)23-13-24(36-32-23)18-8-7-17(27)12-20(18)28/h4-8,10,12-13,15-16,19,22H,9,11,14H2,1-3H3,(H,30,34)(H,31,35)/t16-,19-,22-/m1/s1. The van der Waals surface area contributed by atoms with Gasteiger partial charge in [-0.2, -0.15) is 0 Å². The van der Waals surface area contributed by atoms with Crippen molar-refractivity contribution in [2.75, 3.05) is 13.1 Å². The van der Waals surface area contributed by atoms with Crippen LogP contribution in [0, 0.1) is 17.6 Å². The number of aromatic nitrogens is 2. The molecule has 190 valence electrons. The van der Waals surface area contributed by atoms with E-state index >= 15 is 0 Å². The molecule has 10 heteroatoms. The van der Waals surface area contributed by atoms with Gasteiger partial charge in [-0.1, -0.05) is 11.2 Å². The molecular weight excluding hydrogens is 468 g/mol. The number of rotatable bonds is 7. The first-order valence-electron chi connectivity index (χ1n) is 11.9. The quantitative estimate of drug-likeness (QED) is 0.516. The minimum Gasteiger partial charge on any atom is -0.355 e. The number of hydrogen-bond acceptors (Lipinski definition) is 6. The maximum absolute atomic E-state index is 14.1. The SMILES string of the molecule is CC(C)N1CC[C@@H](NC(=O)c2cc(-c3ccc(F)cc3F)on2)[C@H](C(=O)N[C@H](C)c2ccccn2)C1. The van der Waals surface area contributed by atoms with Crippen LogP contribution < -0.4 is 10.6 Å². The van der Waals surface area contributed by atoms with Gasteiger partial charge in [0.15, 0.2) is 11.5 Å². The van der Waals surface area contributed by atoms with Crippen molar-refractivity contribution in [2.45, 2.75) is 45.3 Å². The van der Waals surface area contributed by atoms with Gasteiger partial charge in [-0.25, -0.2) is 8.78 Å². The van der Waals surface area contributed by atoms with Crippen LogP contribution in [0.4, 0.5) is 8.78 Å². The van der Waals surface area contributed by atoms with E-state index < -0.39 is 29.5 Å². The summed E-state index contributed by atoms with van der Waals surface area (Å²) in [6.07, 6.45) is 2.24. The van der Waals surface area contributed by atoms with E-state index in [0.29, 0.717) is 19.5 Å². The summed E-state index contributed by atoms with van der Waals surface area (Å²) in [4.78, 5) is 32.8. The molecule has 2 amide bonds. The zero-order chi connectivity index (χ0) is 25.8. The molecule has 3 atom stereocenters. The molecule has 1 fully saturated rings. The molecule has 1 aliphatic heterocycles. The highest BCUT2D eigenvalue weighted by Gasteiger charge is 2.37. The number of benzene rings is 1. The molecule has 0 radical (unpaired) electrons. The normalized spacial score (nSPS) is 19.2. The summed E-state index contributed by atoms with van der Waals surface area (Å²) in [7, 11) is 0. The van der Waals surface area contributed by atoms with Crippen molar-refractivity contribution in [2.24, 2.45) is 5.92 Å². The average molecular weight is 498 g/mol. The Hall–Kier alpha value is -3.66. The Kier molecular flexibility index (Phi) is 7.73. The van der Waals surface area contributed by atoms with E-state index in [1.807, 2.05) is 25.1 Å². The van der Waals surface area contributed by atoms with E-state index in [1.165, 1.54) is 12.1 Å². The molecule has 0 saturated carbocycles. The molecule has 1 aromatic carbocycles. The summed E-state index contributed by atoms with van der Waals surface area (Å²) in [5.41, 5.74) is 0.682. The third kappa shape index (κ3) is 5.76. The Labute approximate surface area is 208 Å². The molecule has 8 nitrogen and oxygen atoms in total. The van der Waals surface area contributed by atoms with E-state index in [9.17, 15) is 18.4 Å². The molecule has 0 unspecified atom stereocenters. The lowest BCUT2D eigenvalue weighted by molar-refractivity contribution is -0.128. The molecule has 1 aliphatic rings. The van der Waals surface area contributed by atoms with E-state index in [0.717, 1.165) is 17.8 Å². The first-order chi connectivity index (χ1) is 17.2. The summed E-state index contributed by atoms with van der Waals surface area (Å²) in [5.74, 6) is -2.76. The largest absolute Gasteiger partial charge is 0.355 e. The number of likely N-dealkylation sites (tertiary alicyclic amines) is 1. The number of carbonyl (C=O) groups excluding carboxylic acids is 2. The first-order valence-corrected chi connectivity index (χ1v) is 11.9. The highest BCUT2D eigenvalue weighted by molar-refractivity contribution is 5.94. The van der Waals surface area contributed by atoms with Crippen LogP contribution in [0.15, 0.2) is 53.2 Å². The second kappa shape index (κ2) is 10.9. The van der Waals surface area contributed by atoms with Gasteiger partial charge >= 0.3 is 0 Å². The molecule has 3 aromatic rings. The third-order valence-corrected chi connectivity index (χ3v) is 6.46. The summed E-state index contributed by atoms with van der Waals surface area (Å²) in [5, 5.41) is 9.68. The van der Waals surface area contributed by atoms with Crippen LogP contribution in [-0.2, 0) is 4.79 Å². The Morgan fingerprint density at radius 1 is 1.14 bits per heavy atom. The number of amides is 2. The van der Waals surface area contributed by atoms with Crippen LogP contribution >= 0.6 is 0 Å². The van der Waals surface area contributed by atoms with E-state index in [1.54, 1.807) is 6.20 Å². The van der Waals surface area contributed by atoms with Gasteiger partial charge in [-0.15, -0.1) is 0 Å². The highest BCUT2D eigenvalue weighted by Crippen LogP contribution is 2.25. The number of nitrogens with zero attached hydrogens (tertiary/aromatic N) is 3. The summed E-state index contributed by atoms with van der Waals surface area (Å²) >= 11 is 0. The smallest absolute Gasteiger partial charge is 0.273 e. The van der Waals surface area contributed by atoms with Crippen LogP contribution in [-0.4, -0.2) is 52.0 Å². The van der Waals surface area contributed by atoms with Crippen LogP contribution in [0.25, 0.3) is 11.3 Å². The predicted octanol–water partition coefficient (Wildman–Crippen LogP) is 3.72. The van der Waals surface area contributed by atoms with Crippen molar-refractivity contribution in [1.29, 1.82) is 0 Å². The summed E-state index contributed by atoms with van der Waals surface area (Å²) < 4.78 is 32.5. The molecule has 4 rings (SSSR count). The van der Waals surface area contributed by atoms with Gasteiger partial charge in [0.2, 0.25) is 5.91 Å². The summed E-state index contributed by atoms with van der Waals surface area (Å²) in [6, 6.07) is 9.37. The van der Waals surface area contributed by atoms with Crippen molar-refractivity contribution in [3.05, 3.63) is 71.7 Å². The van der Waals surface area contributed by atoms with E-state index in [2.05, 4.69) is 39.5 Å². The van der Waals surface area contributed by atoms with Crippen molar-refractivity contribution in [1.82, 2.24) is 25.7 Å². The van der Waals surface area contributed by atoms with Gasteiger partial charge < -0.3 is 15.2 Å². The number of pyridine rings is 1. The average Bonchev–Trinajstić information content (AvgIpc) is 3.34. The van der Waals surface area contributed by atoms with Gasteiger partial charge in [0.25, 0.3) is 5.91 Å². The molecule has 0 aliphatic carbocycles. The lowest BCUT2D eigenvalue weighted by Gasteiger charge is -2.40. The van der Waals surface area contributed by atoms with E-state index in [4.69, 9.17) is 4.52 Å². The molecule has 2 N–H and O–H groups in total. The van der Waals surface area contributed by atoms with Crippen molar-refractivity contribution < 1.29 is 22.9 Å². The lowest BCUT2D eigenvalue weighted by Crippen LogP contribution is -2.57. The molecule has 2 aromatic heterocycles. The predicted molar refractivity (Wildman–Crippen MR) is 129 cm³/mol. The van der Waals surface area contributed by atoms with Crippen LogP contribution in [0.2, 0.25) is 0 Å². The fourth-order valence-electron chi connectivity index (χ4n) is 4.35. The van der Waals surface area contributed by atoms with Gasteiger partial charge in [-0.3, -0.25) is 19.5 Å². The van der Waals surface area contributed by atoms with E-state index in [-0.39, 0.29) is 35.0 Å². The van der Waals surface area contributed by atoms with Gasteiger partial charge in [-0.05, 0) is 51.5 Å². The van der Waals surface area contributed by atoms with Crippen molar-refractivity contribution >= 4 is 11.8 Å². The fraction of sp³-hybridized carbons (Fsp3) is 0.385. The van der Waals surface area contributed by atoms with Crippen LogP contribution in [0.3, 0.4) is 0 Å². The number of halogens is 2. The number of carbonyl (C=O) groups is 2. The maximum Gasteiger partial charge on any atom is 0.273 e. The molecule has 0 bridgehead atoms. The molecular formula is C26H29F2N5O3. The Bertz CT molecular complexity index is 1220. The fourth-order valence-corrected chi connectivity index (χ4v) is 4.35. The van der Waals surface area contributed by atoms with Gasteiger partial charge in [0, 0.05) is 43.5 Å². The molecule has 3 heterocycles. The first kappa shape index (κ1) is 25.4. The monoisotopic (exact) mass is 497 g/mol. The summed E-state index contributed by atoms with van der Waals surface area (Å²) in [6.45, 7) is 7.19. The molecule has 1 saturated heterocycles. The maximum atomic E-state index is 14.1. The van der Waals surface area contributed by atoms with Crippen LogP contribution in [0.5, 0.6) is 0 Å². The van der Waals surface area contributed by atoms with Crippen molar-refractivity contribution in [3.63, 3.8) is 0 Å². The third-order valence-electron chi connectivity index (χ3n) is 6.46.